The molecule has 3 heteroatoms. The maximum atomic E-state index is 10.9. The topological polar surface area (TPSA) is 30.0 Å². The zero-order valence-corrected chi connectivity index (χ0v) is 7.14. The quantitative estimate of drug-likeness (QED) is 0.680. The minimum Gasteiger partial charge on any atom is -0.282 e. The van der Waals surface area contributed by atoms with Gasteiger partial charge >= 0.3 is 0 Å². The fraction of sp³-hybridized carbons (Fsp3) is 0.250. The fourth-order valence-corrected chi connectivity index (χ4v) is 1.14. The van der Waals surface area contributed by atoms with E-state index in [0.717, 1.165) is 12.0 Å². The number of pyridine rings is 1. The molecule has 0 amide bonds. The molecule has 0 saturated heterocycles. The Labute approximate surface area is 71.1 Å². The maximum absolute atomic E-state index is 10.9. The Morgan fingerprint density at radius 1 is 1.73 bits per heavy atom. The van der Waals surface area contributed by atoms with Crippen molar-refractivity contribution in [3.63, 3.8) is 0 Å². The van der Waals surface area contributed by atoms with E-state index in [1.807, 2.05) is 6.92 Å². The summed E-state index contributed by atoms with van der Waals surface area (Å²) in [6, 6.07) is 1.69. The van der Waals surface area contributed by atoms with Gasteiger partial charge in [-0.15, -0.1) is 12.6 Å². The molecule has 0 spiro atoms. The molecule has 0 fully saturated rings. The Morgan fingerprint density at radius 2 is 2.45 bits per heavy atom. The van der Waals surface area contributed by atoms with Gasteiger partial charge in [0.05, 0.1) is 0 Å². The molecule has 0 atom stereocenters. The first-order valence-corrected chi connectivity index (χ1v) is 3.86. The second-order valence-electron chi connectivity index (χ2n) is 2.19. The number of carbonyl (C=O) groups excluding carboxylic acids is 1. The summed E-state index contributed by atoms with van der Waals surface area (Å²) in [6.07, 6.45) is 4.11. The standard InChI is InChI=1S/C8H9NOS/c1-2-6-5-9-4-3-7(6)8(10)11/h3-5H,2H2,1H3,(H,10,11). The highest BCUT2D eigenvalue weighted by Gasteiger charge is 2.04. The normalized spacial score (nSPS) is 9.64. The van der Waals surface area contributed by atoms with Crippen molar-refractivity contribution in [2.45, 2.75) is 13.3 Å². The van der Waals surface area contributed by atoms with E-state index in [0.29, 0.717) is 5.56 Å². The van der Waals surface area contributed by atoms with Crippen LogP contribution >= 0.6 is 12.6 Å². The predicted octanol–water partition coefficient (Wildman–Crippen LogP) is 1.71. The molecule has 0 saturated carbocycles. The van der Waals surface area contributed by atoms with Gasteiger partial charge < -0.3 is 0 Å². The van der Waals surface area contributed by atoms with E-state index in [1.54, 1.807) is 18.5 Å². The lowest BCUT2D eigenvalue weighted by atomic mass is 10.1. The van der Waals surface area contributed by atoms with Crippen molar-refractivity contribution in [2.24, 2.45) is 0 Å². The van der Waals surface area contributed by atoms with Gasteiger partial charge in [-0.05, 0) is 18.1 Å². The molecule has 58 valence electrons. The number of aromatic nitrogens is 1. The second kappa shape index (κ2) is 3.53. The first kappa shape index (κ1) is 8.27. The van der Waals surface area contributed by atoms with Gasteiger partial charge in [0.15, 0.2) is 0 Å². The SMILES string of the molecule is CCc1cnccc1C(=O)S. The molecule has 0 radical (unpaired) electrons. The summed E-state index contributed by atoms with van der Waals surface area (Å²) >= 11 is 3.74. The van der Waals surface area contributed by atoms with Crippen LogP contribution in [0.4, 0.5) is 0 Å². The predicted molar refractivity (Wildman–Crippen MR) is 46.9 cm³/mol. The first-order chi connectivity index (χ1) is 5.25. The maximum Gasteiger partial charge on any atom is 0.216 e. The Bertz CT molecular complexity index is 273. The van der Waals surface area contributed by atoms with Gasteiger partial charge in [0, 0.05) is 18.0 Å². The average molecular weight is 167 g/mol. The smallest absolute Gasteiger partial charge is 0.216 e. The van der Waals surface area contributed by atoms with Crippen LogP contribution in [-0.2, 0) is 6.42 Å². The Morgan fingerprint density at radius 3 is 2.91 bits per heavy atom. The number of rotatable bonds is 2. The first-order valence-electron chi connectivity index (χ1n) is 3.42. The lowest BCUT2D eigenvalue weighted by Gasteiger charge is -2.00. The number of nitrogens with zero attached hydrogens (tertiary/aromatic N) is 1. The molecule has 1 aromatic rings. The van der Waals surface area contributed by atoms with Crippen LogP contribution in [-0.4, -0.2) is 10.1 Å². The number of aryl methyl sites for hydroxylation is 1. The van der Waals surface area contributed by atoms with Crippen LogP contribution < -0.4 is 0 Å². The number of thiol groups is 1. The van der Waals surface area contributed by atoms with Crippen LogP contribution in [0.25, 0.3) is 0 Å². The fourth-order valence-electron chi connectivity index (χ4n) is 0.918. The summed E-state index contributed by atoms with van der Waals surface area (Å²) in [5.74, 6) is 0. The molecule has 1 aromatic heterocycles. The minimum absolute atomic E-state index is 0.191. The van der Waals surface area contributed by atoms with E-state index >= 15 is 0 Å². The highest BCUT2D eigenvalue weighted by molar-refractivity contribution is 7.97. The van der Waals surface area contributed by atoms with Crippen LogP contribution in [0.2, 0.25) is 0 Å². The summed E-state index contributed by atoms with van der Waals surface area (Å²) in [7, 11) is 0. The lowest BCUT2D eigenvalue weighted by molar-refractivity contribution is 0.109. The van der Waals surface area contributed by atoms with Crippen LogP contribution in [0.15, 0.2) is 18.5 Å². The molecule has 1 rings (SSSR count). The van der Waals surface area contributed by atoms with Gasteiger partial charge in [-0.1, -0.05) is 6.92 Å². The van der Waals surface area contributed by atoms with Gasteiger partial charge in [0.2, 0.25) is 5.12 Å². The molecule has 0 aromatic carbocycles. The molecular weight excluding hydrogens is 158 g/mol. The van der Waals surface area contributed by atoms with Crippen LogP contribution in [0.3, 0.4) is 0 Å². The molecule has 0 aliphatic rings. The van der Waals surface area contributed by atoms with Gasteiger partial charge in [0.25, 0.3) is 0 Å². The highest BCUT2D eigenvalue weighted by atomic mass is 32.1. The van der Waals surface area contributed by atoms with Crippen molar-refractivity contribution in [3.05, 3.63) is 29.6 Å². The number of hydrogen-bond acceptors (Lipinski definition) is 2. The van der Waals surface area contributed by atoms with E-state index in [9.17, 15) is 4.79 Å². The monoisotopic (exact) mass is 167 g/mol. The summed E-state index contributed by atoms with van der Waals surface area (Å²) in [6.45, 7) is 1.98. The zero-order chi connectivity index (χ0) is 8.27. The summed E-state index contributed by atoms with van der Waals surface area (Å²) in [4.78, 5) is 14.8. The summed E-state index contributed by atoms with van der Waals surface area (Å²) in [5, 5.41) is -0.191. The van der Waals surface area contributed by atoms with Crippen LogP contribution in [0.5, 0.6) is 0 Å². The molecule has 0 aliphatic heterocycles. The number of carbonyl (C=O) groups is 1. The van der Waals surface area contributed by atoms with Crippen molar-refractivity contribution >= 4 is 17.7 Å². The van der Waals surface area contributed by atoms with Gasteiger partial charge in [-0.3, -0.25) is 9.78 Å². The molecule has 0 bridgehead atoms. The second-order valence-corrected chi connectivity index (χ2v) is 2.60. The minimum atomic E-state index is -0.191. The van der Waals surface area contributed by atoms with Crippen molar-refractivity contribution in [2.75, 3.05) is 0 Å². The molecule has 0 unspecified atom stereocenters. The largest absolute Gasteiger partial charge is 0.282 e. The zero-order valence-electron chi connectivity index (χ0n) is 6.24. The van der Waals surface area contributed by atoms with Gasteiger partial charge in [-0.2, -0.15) is 0 Å². The van der Waals surface area contributed by atoms with Gasteiger partial charge in [-0.25, -0.2) is 0 Å². The van der Waals surface area contributed by atoms with Crippen molar-refractivity contribution in [3.8, 4) is 0 Å². The summed E-state index contributed by atoms with van der Waals surface area (Å²) in [5.41, 5.74) is 1.61. The third kappa shape index (κ3) is 1.80. The molecule has 2 nitrogen and oxygen atoms in total. The third-order valence-electron chi connectivity index (χ3n) is 1.51. The molecular formula is C8H9NOS. The van der Waals surface area contributed by atoms with E-state index in [-0.39, 0.29) is 5.12 Å². The Balaban J connectivity index is 3.12. The average Bonchev–Trinajstić information content (AvgIpc) is 2.04. The van der Waals surface area contributed by atoms with Gasteiger partial charge in [0.1, 0.15) is 0 Å². The molecule has 0 N–H and O–H groups in total. The lowest BCUT2D eigenvalue weighted by Crippen LogP contribution is -1.96. The van der Waals surface area contributed by atoms with Crippen molar-refractivity contribution < 1.29 is 4.79 Å². The molecule has 1 heterocycles. The highest BCUT2D eigenvalue weighted by Crippen LogP contribution is 2.09. The van der Waals surface area contributed by atoms with Crippen LogP contribution in [0.1, 0.15) is 22.8 Å². The van der Waals surface area contributed by atoms with Crippen LogP contribution in [0, 0.1) is 0 Å². The van der Waals surface area contributed by atoms with Crippen molar-refractivity contribution in [1.29, 1.82) is 0 Å². The summed E-state index contributed by atoms with van der Waals surface area (Å²) < 4.78 is 0. The van der Waals surface area contributed by atoms with E-state index in [2.05, 4.69) is 17.6 Å². The van der Waals surface area contributed by atoms with E-state index in [4.69, 9.17) is 0 Å². The number of hydrogen-bond donors (Lipinski definition) is 1. The Kier molecular flexibility index (Phi) is 2.65. The third-order valence-corrected chi connectivity index (χ3v) is 1.76. The van der Waals surface area contributed by atoms with Crippen molar-refractivity contribution in [1.82, 2.24) is 4.98 Å². The van der Waals surface area contributed by atoms with E-state index in [1.165, 1.54) is 0 Å². The molecule has 0 aliphatic carbocycles. The molecule has 11 heavy (non-hydrogen) atoms. The Hall–Kier alpha value is -0.830. The van der Waals surface area contributed by atoms with E-state index < -0.39 is 0 Å².